The van der Waals surface area contributed by atoms with Crippen LogP contribution in [-0.4, -0.2) is 6.54 Å². The molecule has 1 nitrogen and oxygen atoms in total. The summed E-state index contributed by atoms with van der Waals surface area (Å²) in [5.74, 6) is 0.478. The number of hydrogen-bond donors (Lipinski definition) is 1. The molecular weight excluding hydrogens is 242 g/mol. The highest BCUT2D eigenvalue weighted by molar-refractivity contribution is 5.33. The van der Waals surface area contributed by atoms with Crippen molar-refractivity contribution in [2.45, 2.75) is 37.6 Å². The highest BCUT2D eigenvalue weighted by Crippen LogP contribution is 2.42. The van der Waals surface area contributed by atoms with Crippen LogP contribution in [0.25, 0.3) is 0 Å². The summed E-state index contributed by atoms with van der Waals surface area (Å²) in [7, 11) is 0. The quantitative estimate of drug-likeness (QED) is 0.864. The lowest BCUT2D eigenvalue weighted by atomic mass is 9.71. The highest BCUT2D eigenvalue weighted by atomic mass is 15.0. The molecule has 2 aromatic rings. The predicted octanol–water partition coefficient (Wildman–Crippen LogP) is 4.46. The summed E-state index contributed by atoms with van der Waals surface area (Å²) in [5, 5.41) is 3.85. The number of hydrogen-bond acceptors (Lipinski definition) is 1. The lowest BCUT2D eigenvalue weighted by Gasteiger charge is -2.44. The van der Waals surface area contributed by atoms with E-state index in [0.717, 1.165) is 6.54 Å². The molecule has 1 aliphatic rings. The van der Waals surface area contributed by atoms with E-state index in [2.05, 4.69) is 72.9 Å². The van der Waals surface area contributed by atoms with Crippen molar-refractivity contribution < 1.29 is 0 Å². The van der Waals surface area contributed by atoms with Gasteiger partial charge in [0.05, 0.1) is 5.54 Å². The zero-order valence-corrected chi connectivity index (χ0v) is 12.2. The van der Waals surface area contributed by atoms with Crippen molar-refractivity contribution in [3.05, 3.63) is 71.8 Å². The van der Waals surface area contributed by atoms with Crippen LogP contribution in [0.1, 0.15) is 43.2 Å². The Hall–Kier alpha value is -1.60. The van der Waals surface area contributed by atoms with Crippen LogP contribution < -0.4 is 5.32 Å². The van der Waals surface area contributed by atoms with Crippen molar-refractivity contribution >= 4 is 0 Å². The predicted molar refractivity (Wildman–Crippen MR) is 84.8 cm³/mol. The van der Waals surface area contributed by atoms with Crippen molar-refractivity contribution in [2.75, 3.05) is 6.54 Å². The van der Waals surface area contributed by atoms with Crippen molar-refractivity contribution in [1.82, 2.24) is 5.32 Å². The fourth-order valence-electron chi connectivity index (χ4n) is 3.56. The van der Waals surface area contributed by atoms with E-state index in [4.69, 9.17) is 0 Å². The molecule has 0 spiro atoms. The van der Waals surface area contributed by atoms with E-state index in [9.17, 15) is 0 Å². The van der Waals surface area contributed by atoms with Gasteiger partial charge in [-0.2, -0.15) is 0 Å². The van der Waals surface area contributed by atoms with Gasteiger partial charge in [0.2, 0.25) is 0 Å². The lowest BCUT2D eigenvalue weighted by molar-refractivity contribution is 0.218. The molecular formula is C19H23N. The van der Waals surface area contributed by atoms with Crippen molar-refractivity contribution in [3.63, 3.8) is 0 Å². The third kappa shape index (κ3) is 2.38. The Morgan fingerprint density at radius 2 is 1.55 bits per heavy atom. The zero-order chi connectivity index (χ0) is 13.8. The number of rotatable bonds is 3. The fraction of sp³-hybridized carbons (Fsp3) is 0.368. The van der Waals surface area contributed by atoms with E-state index in [-0.39, 0.29) is 5.54 Å². The van der Waals surface area contributed by atoms with Crippen molar-refractivity contribution in [1.29, 1.82) is 0 Å². The summed E-state index contributed by atoms with van der Waals surface area (Å²) in [6, 6.07) is 21.9. The largest absolute Gasteiger partial charge is 0.307 e. The molecule has 0 amide bonds. The molecule has 1 aliphatic heterocycles. The molecule has 1 heterocycles. The molecule has 1 heteroatoms. The summed E-state index contributed by atoms with van der Waals surface area (Å²) in [6.07, 6.45) is 3.81. The average Bonchev–Trinajstić information content (AvgIpc) is 2.56. The van der Waals surface area contributed by atoms with Gasteiger partial charge < -0.3 is 5.32 Å². The Bertz CT molecular complexity index is 526. The van der Waals surface area contributed by atoms with Crippen LogP contribution in [0.5, 0.6) is 0 Å². The van der Waals surface area contributed by atoms with Gasteiger partial charge in [0.25, 0.3) is 0 Å². The van der Waals surface area contributed by atoms with E-state index < -0.39 is 0 Å². The molecule has 0 radical (unpaired) electrons. The van der Waals surface area contributed by atoms with Crippen LogP contribution in [0.4, 0.5) is 0 Å². The van der Waals surface area contributed by atoms with Gasteiger partial charge in [-0.05, 0) is 36.9 Å². The summed E-state index contributed by atoms with van der Waals surface area (Å²) >= 11 is 0. The van der Waals surface area contributed by atoms with Crippen LogP contribution in [0.15, 0.2) is 60.7 Å². The Balaban J connectivity index is 2.02. The summed E-state index contributed by atoms with van der Waals surface area (Å²) < 4.78 is 0. The molecule has 2 unspecified atom stereocenters. The van der Waals surface area contributed by atoms with Crippen LogP contribution in [0.3, 0.4) is 0 Å². The lowest BCUT2D eigenvalue weighted by Crippen LogP contribution is -2.49. The Kier molecular flexibility index (Phi) is 3.88. The Morgan fingerprint density at radius 3 is 2.15 bits per heavy atom. The Morgan fingerprint density at radius 1 is 0.900 bits per heavy atom. The normalized spacial score (nSPS) is 24.2. The second-order valence-corrected chi connectivity index (χ2v) is 5.85. The van der Waals surface area contributed by atoms with Gasteiger partial charge in [0.1, 0.15) is 0 Å². The first-order chi connectivity index (χ1) is 9.83. The third-order valence-corrected chi connectivity index (χ3v) is 4.77. The molecule has 0 bridgehead atoms. The van der Waals surface area contributed by atoms with Gasteiger partial charge in [0.15, 0.2) is 0 Å². The smallest absolute Gasteiger partial charge is 0.0501 e. The van der Waals surface area contributed by atoms with E-state index in [1.807, 2.05) is 0 Å². The molecule has 20 heavy (non-hydrogen) atoms. The number of piperidine rings is 1. The first-order valence-electron chi connectivity index (χ1n) is 7.68. The SMILES string of the molecule is CC(c1ccccc1)C1(c2ccccc2)CCCCN1. The van der Waals surface area contributed by atoms with E-state index in [0.29, 0.717) is 5.92 Å². The molecule has 1 N–H and O–H groups in total. The molecule has 0 saturated carbocycles. The average molecular weight is 265 g/mol. The number of benzene rings is 2. The standard InChI is InChI=1S/C19H23N/c1-16(17-10-4-2-5-11-17)19(14-8-9-15-20-19)18-12-6-3-7-13-18/h2-7,10-13,16,20H,8-9,14-15H2,1H3. The molecule has 104 valence electrons. The first-order valence-corrected chi connectivity index (χ1v) is 7.68. The monoisotopic (exact) mass is 265 g/mol. The van der Waals surface area contributed by atoms with Crippen LogP contribution in [-0.2, 0) is 5.54 Å². The molecule has 1 fully saturated rings. The molecule has 0 aromatic heterocycles. The summed E-state index contributed by atoms with van der Waals surface area (Å²) in [5.41, 5.74) is 2.93. The van der Waals surface area contributed by atoms with Gasteiger partial charge in [-0.25, -0.2) is 0 Å². The molecule has 2 aromatic carbocycles. The van der Waals surface area contributed by atoms with E-state index in [1.165, 1.54) is 30.4 Å². The first kappa shape index (κ1) is 13.4. The minimum absolute atomic E-state index is 0.0842. The van der Waals surface area contributed by atoms with Crippen molar-refractivity contribution in [3.8, 4) is 0 Å². The van der Waals surface area contributed by atoms with Gasteiger partial charge in [0, 0.05) is 5.92 Å². The fourth-order valence-corrected chi connectivity index (χ4v) is 3.56. The Labute approximate surface area is 122 Å². The maximum Gasteiger partial charge on any atom is 0.0501 e. The second kappa shape index (κ2) is 5.80. The van der Waals surface area contributed by atoms with Gasteiger partial charge >= 0.3 is 0 Å². The minimum atomic E-state index is 0.0842. The van der Waals surface area contributed by atoms with Crippen molar-refractivity contribution in [2.24, 2.45) is 0 Å². The molecule has 0 aliphatic carbocycles. The van der Waals surface area contributed by atoms with Gasteiger partial charge in [-0.1, -0.05) is 67.6 Å². The van der Waals surface area contributed by atoms with Gasteiger partial charge in [-0.15, -0.1) is 0 Å². The minimum Gasteiger partial charge on any atom is -0.307 e. The van der Waals surface area contributed by atoms with E-state index >= 15 is 0 Å². The molecule has 1 saturated heterocycles. The maximum atomic E-state index is 3.85. The second-order valence-electron chi connectivity index (χ2n) is 5.85. The van der Waals surface area contributed by atoms with Crippen LogP contribution >= 0.6 is 0 Å². The molecule has 2 atom stereocenters. The summed E-state index contributed by atoms with van der Waals surface area (Å²) in [4.78, 5) is 0. The van der Waals surface area contributed by atoms with Crippen LogP contribution in [0, 0.1) is 0 Å². The summed E-state index contributed by atoms with van der Waals surface area (Å²) in [6.45, 7) is 3.48. The third-order valence-electron chi connectivity index (χ3n) is 4.77. The van der Waals surface area contributed by atoms with Crippen LogP contribution in [0.2, 0.25) is 0 Å². The maximum absolute atomic E-state index is 3.85. The van der Waals surface area contributed by atoms with E-state index in [1.54, 1.807) is 0 Å². The molecule has 3 rings (SSSR count). The topological polar surface area (TPSA) is 12.0 Å². The number of nitrogens with one attached hydrogen (secondary N) is 1. The highest BCUT2D eigenvalue weighted by Gasteiger charge is 2.39. The zero-order valence-electron chi connectivity index (χ0n) is 12.2. The van der Waals surface area contributed by atoms with Gasteiger partial charge in [-0.3, -0.25) is 0 Å².